The molecule has 0 spiro atoms. The van der Waals surface area contributed by atoms with Gasteiger partial charge in [0.25, 0.3) is 10.2 Å². The molecular formula is C10H21N5O2S. The lowest BCUT2D eigenvalue weighted by molar-refractivity contribution is 0.426. The third-order valence-corrected chi connectivity index (χ3v) is 4.08. The van der Waals surface area contributed by atoms with Gasteiger partial charge in [0.1, 0.15) is 12.2 Å². The molecule has 1 aromatic rings. The zero-order valence-electron chi connectivity index (χ0n) is 11.5. The maximum atomic E-state index is 11.9. The SMILES string of the molecule is CC(C)C[C@@H](NS(=O)(=O)N(C)C)c1ncnn1C. The molecule has 0 aliphatic carbocycles. The average Bonchev–Trinajstić information content (AvgIpc) is 2.62. The molecule has 8 heteroatoms. The van der Waals surface area contributed by atoms with Crippen LogP contribution in [0.5, 0.6) is 0 Å². The number of nitrogens with one attached hydrogen (secondary N) is 1. The summed E-state index contributed by atoms with van der Waals surface area (Å²) in [6.45, 7) is 4.07. The Labute approximate surface area is 108 Å². The zero-order valence-corrected chi connectivity index (χ0v) is 12.3. The molecule has 0 amide bonds. The van der Waals surface area contributed by atoms with Gasteiger partial charge in [0.2, 0.25) is 0 Å². The van der Waals surface area contributed by atoms with Gasteiger partial charge >= 0.3 is 0 Å². The largest absolute Gasteiger partial charge is 0.279 e. The van der Waals surface area contributed by atoms with Crippen LogP contribution >= 0.6 is 0 Å². The molecule has 104 valence electrons. The van der Waals surface area contributed by atoms with E-state index in [-0.39, 0.29) is 6.04 Å². The molecule has 1 N–H and O–H groups in total. The fraction of sp³-hybridized carbons (Fsp3) is 0.800. The summed E-state index contributed by atoms with van der Waals surface area (Å²) in [6, 6.07) is -0.370. The van der Waals surface area contributed by atoms with Gasteiger partial charge < -0.3 is 0 Å². The Morgan fingerprint density at radius 1 is 1.44 bits per heavy atom. The quantitative estimate of drug-likeness (QED) is 0.809. The molecule has 0 aliphatic heterocycles. The number of hydrogen-bond acceptors (Lipinski definition) is 4. The highest BCUT2D eigenvalue weighted by Crippen LogP contribution is 2.20. The molecule has 7 nitrogen and oxygen atoms in total. The molecule has 0 bridgehead atoms. The Morgan fingerprint density at radius 2 is 2.06 bits per heavy atom. The summed E-state index contributed by atoms with van der Waals surface area (Å²) in [6.07, 6.45) is 2.09. The van der Waals surface area contributed by atoms with Gasteiger partial charge in [-0.15, -0.1) is 0 Å². The van der Waals surface area contributed by atoms with Gasteiger partial charge in [0.15, 0.2) is 0 Å². The topological polar surface area (TPSA) is 80.1 Å². The van der Waals surface area contributed by atoms with E-state index in [0.717, 1.165) is 4.31 Å². The first-order chi connectivity index (χ1) is 8.24. The first-order valence-electron chi connectivity index (χ1n) is 5.77. The first kappa shape index (κ1) is 15.1. The van der Waals surface area contributed by atoms with E-state index in [1.165, 1.54) is 20.4 Å². The van der Waals surface area contributed by atoms with Crippen molar-refractivity contribution in [1.82, 2.24) is 23.8 Å². The lowest BCUT2D eigenvalue weighted by atomic mass is 10.0. The Kier molecular flexibility index (Phi) is 4.83. The van der Waals surface area contributed by atoms with Crippen molar-refractivity contribution in [2.75, 3.05) is 14.1 Å². The van der Waals surface area contributed by atoms with E-state index in [9.17, 15) is 8.42 Å². The van der Waals surface area contributed by atoms with Crippen LogP contribution < -0.4 is 4.72 Å². The first-order valence-corrected chi connectivity index (χ1v) is 7.21. The molecule has 0 saturated carbocycles. The maximum absolute atomic E-state index is 11.9. The second-order valence-electron chi connectivity index (χ2n) is 4.83. The van der Waals surface area contributed by atoms with Gasteiger partial charge in [0.05, 0.1) is 6.04 Å². The molecule has 0 saturated heterocycles. The van der Waals surface area contributed by atoms with Gasteiger partial charge in [-0.1, -0.05) is 13.8 Å². The Bertz CT molecular complexity index is 480. The molecule has 1 heterocycles. The second kappa shape index (κ2) is 5.77. The molecule has 0 radical (unpaired) electrons. The average molecular weight is 275 g/mol. The van der Waals surface area contributed by atoms with Crippen LogP contribution in [0.1, 0.15) is 32.1 Å². The van der Waals surface area contributed by atoms with E-state index in [4.69, 9.17) is 0 Å². The van der Waals surface area contributed by atoms with Crippen molar-refractivity contribution >= 4 is 10.2 Å². The normalized spacial score (nSPS) is 14.4. The molecule has 0 fully saturated rings. The van der Waals surface area contributed by atoms with E-state index in [1.54, 1.807) is 11.7 Å². The molecule has 0 unspecified atom stereocenters. The molecule has 0 aliphatic rings. The van der Waals surface area contributed by atoms with Crippen molar-refractivity contribution < 1.29 is 8.42 Å². The zero-order chi connectivity index (χ0) is 13.9. The number of aryl methyl sites for hydroxylation is 1. The van der Waals surface area contributed by atoms with Crippen molar-refractivity contribution in [3.8, 4) is 0 Å². The molecule has 1 aromatic heterocycles. The summed E-state index contributed by atoms with van der Waals surface area (Å²) in [4.78, 5) is 4.12. The van der Waals surface area contributed by atoms with Gasteiger partial charge in [0, 0.05) is 21.1 Å². The van der Waals surface area contributed by atoms with E-state index >= 15 is 0 Å². The van der Waals surface area contributed by atoms with Crippen molar-refractivity contribution in [2.45, 2.75) is 26.3 Å². The van der Waals surface area contributed by atoms with Crippen LogP contribution in [0.4, 0.5) is 0 Å². The summed E-state index contributed by atoms with van der Waals surface area (Å²) in [5.74, 6) is 0.964. The molecule has 1 atom stereocenters. The minimum atomic E-state index is -3.48. The minimum Gasteiger partial charge on any atom is -0.252 e. The Balaban J connectivity index is 2.98. The summed E-state index contributed by atoms with van der Waals surface area (Å²) in [7, 11) is 1.25. The highest BCUT2D eigenvalue weighted by Gasteiger charge is 2.25. The maximum Gasteiger partial charge on any atom is 0.279 e. The number of rotatable bonds is 6. The van der Waals surface area contributed by atoms with Gasteiger partial charge in [-0.25, -0.2) is 4.98 Å². The summed E-state index contributed by atoms with van der Waals surface area (Å²) < 4.78 is 29.2. The number of aromatic nitrogens is 3. The fourth-order valence-electron chi connectivity index (χ4n) is 1.58. The molecule has 18 heavy (non-hydrogen) atoms. The van der Waals surface area contributed by atoms with Gasteiger partial charge in [-0.2, -0.15) is 22.5 Å². The lowest BCUT2D eigenvalue weighted by Gasteiger charge is -2.21. The molecule has 1 rings (SSSR count). The molecular weight excluding hydrogens is 254 g/mol. The lowest BCUT2D eigenvalue weighted by Crippen LogP contribution is -2.39. The van der Waals surface area contributed by atoms with Crippen LogP contribution in [0, 0.1) is 5.92 Å². The van der Waals surface area contributed by atoms with Crippen molar-refractivity contribution in [3.63, 3.8) is 0 Å². The van der Waals surface area contributed by atoms with Crippen LogP contribution in [0.2, 0.25) is 0 Å². The van der Waals surface area contributed by atoms with Gasteiger partial charge in [-0.05, 0) is 12.3 Å². The van der Waals surface area contributed by atoms with Crippen LogP contribution in [-0.2, 0) is 17.3 Å². The minimum absolute atomic E-state index is 0.344. The van der Waals surface area contributed by atoms with E-state index in [1.807, 2.05) is 13.8 Å². The monoisotopic (exact) mass is 275 g/mol. The molecule has 0 aromatic carbocycles. The Hall–Kier alpha value is -0.990. The third kappa shape index (κ3) is 3.76. The number of hydrogen-bond donors (Lipinski definition) is 1. The smallest absolute Gasteiger partial charge is 0.252 e. The standard InChI is InChI=1S/C10H21N5O2S/c1-8(2)6-9(10-11-7-12-15(10)5)13-18(16,17)14(3)4/h7-9,13H,6H2,1-5H3/t9-/m1/s1. The van der Waals surface area contributed by atoms with Crippen molar-refractivity contribution in [2.24, 2.45) is 13.0 Å². The predicted octanol–water partition coefficient (Wildman–Crippen LogP) is 0.298. The predicted molar refractivity (Wildman–Crippen MR) is 68.9 cm³/mol. The van der Waals surface area contributed by atoms with Crippen LogP contribution in [-0.4, -0.2) is 41.6 Å². The van der Waals surface area contributed by atoms with E-state index in [2.05, 4.69) is 14.8 Å². The highest BCUT2D eigenvalue weighted by molar-refractivity contribution is 7.87. The van der Waals surface area contributed by atoms with Crippen LogP contribution in [0.3, 0.4) is 0 Å². The second-order valence-corrected chi connectivity index (χ2v) is 6.75. The van der Waals surface area contributed by atoms with Gasteiger partial charge in [-0.3, -0.25) is 4.68 Å². The van der Waals surface area contributed by atoms with Crippen LogP contribution in [0.15, 0.2) is 6.33 Å². The highest BCUT2D eigenvalue weighted by atomic mass is 32.2. The summed E-state index contributed by atoms with van der Waals surface area (Å²) in [5.41, 5.74) is 0. The third-order valence-electron chi connectivity index (χ3n) is 2.54. The summed E-state index contributed by atoms with van der Waals surface area (Å²) >= 11 is 0. The van der Waals surface area contributed by atoms with E-state index in [0.29, 0.717) is 18.2 Å². The fourth-order valence-corrected chi connectivity index (χ4v) is 2.36. The van der Waals surface area contributed by atoms with Crippen molar-refractivity contribution in [1.29, 1.82) is 0 Å². The van der Waals surface area contributed by atoms with Crippen molar-refractivity contribution in [3.05, 3.63) is 12.2 Å². The van der Waals surface area contributed by atoms with E-state index < -0.39 is 10.2 Å². The summed E-state index contributed by atoms with van der Waals surface area (Å²) in [5, 5.41) is 3.98. The number of nitrogens with zero attached hydrogens (tertiary/aromatic N) is 4. The Morgan fingerprint density at radius 3 is 2.44 bits per heavy atom. The van der Waals surface area contributed by atoms with Crippen LogP contribution in [0.25, 0.3) is 0 Å².